The molecule has 1 heterocycles. The maximum absolute atomic E-state index is 12.3. The van der Waals surface area contributed by atoms with Gasteiger partial charge in [-0.3, -0.25) is 9.59 Å². The predicted octanol–water partition coefficient (Wildman–Crippen LogP) is 4.20. The number of carbonyl (C=O) groups is 2. The lowest BCUT2D eigenvalue weighted by atomic mass is 10.2. The first-order valence-corrected chi connectivity index (χ1v) is 9.36. The number of anilines is 1. The number of aryl methyl sites for hydroxylation is 1. The lowest BCUT2D eigenvalue weighted by Gasteiger charge is -2.10. The number of nitrogens with one attached hydrogen (secondary N) is 2. The van der Waals surface area contributed by atoms with Crippen molar-refractivity contribution in [3.8, 4) is 0 Å². The molecule has 0 spiro atoms. The maximum Gasteiger partial charge on any atom is 0.240 e. The molecule has 1 aliphatic heterocycles. The molecule has 2 amide bonds. The SMILES string of the molecule is Cc1cccc(N=C2NC(=O)[C@@H](CC(=O)Nc3cccc(Cl)c3C)S2)c1. The lowest BCUT2D eigenvalue weighted by molar-refractivity contribution is -0.122. The van der Waals surface area contributed by atoms with E-state index in [9.17, 15) is 9.59 Å². The molecule has 134 valence electrons. The molecule has 1 fully saturated rings. The number of hydrogen-bond acceptors (Lipinski definition) is 4. The Balaban J connectivity index is 1.64. The number of rotatable bonds is 4. The Hall–Kier alpha value is -2.31. The average molecular weight is 388 g/mol. The third-order valence-corrected chi connectivity index (χ3v) is 5.41. The van der Waals surface area contributed by atoms with Crippen LogP contribution in [0.1, 0.15) is 17.5 Å². The van der Waals surface area contributed by atoms with Crippen LogP contribution in [0.15, 0.2) is 47.5 Å². The Kier molecular flexibility index (Phi) is 5.64. The topological polar surface area (TPSA) is 70.6 Å². The number of halogens is 1. The Bertz CT molecular complexity index is 898. The third kappa shape index (κ3) is 4.45. The quantitative estimate of drug-likeness (QED) is 0.825. The Labute approximate surface area is 161 Å². The van der Waals surface area contributed by atoms with Gasteiger partial charge in [0.15, 0.2) is 5.17 Å². The molecule has 2 aromatic carbocycles. The van der Waals surface area contributed by atoms with Gasteiger partial charge >= 0.3 is 0 Å². The first-order chi connectivity index (χ1) is 12.4. The molecule has 2 aromatic rings. The highest BCUT2D eigenvalue weighted by atomic mass is 35.5. The van der Waals surface area contributed by atoms with Crippen LogP contribution in [0.2, 0.25) is 5.02 Å². The van der Waals surface area contributed by atoms with E-state index in [1.165, 1.54) is 11.8 Å². The highest BCUT2D eigenvalue weighted by molar-refractivity contribution is 8.15. The average Bonchev–Trinajstić information content (AvgIpc) is 2.91. The second-order valence-corrected chi connectivity index (χ2v) is 7.62. The Morgan fingerprint density at radius 3 is 2.81 bits per heavy atom. The van der Waals surface area contributed by atoms with E-state index in [0.717, 1.165) is 16.8 Å². The van der Waals surface area contributed by atoms with E-state index >= 15 is 0 Å². The zero-order valence-electron chi connectivity index (χ0n) is 14.4. The summed E-state index contributed by atoms with van der Waals surface area (Å²) in [6, 6.07) is 13.0. The summed E-state index contributed by atoms with van der Waals surface area (Å²) in [6.45, 7) is 3.82. The number of nitrogens with zero attached hydrogens (tertiary/aromatic N) is 1. The van der Waals surface area contributed by atoms with Crippen molar-refractivity contribution in [2.75, 3.05) is 5.32 Å². The summed E-state index contributed by atoms with van der Waals surface area (Å²) in [5.41, 5.74) is 3.31. The van der Waals surface area contributed by atoms with Gasteiger partial charge in [0.2, 0.25) is 11.8 Å². The lowest BCUT2D eigenvalue weighted by Crippen LogP contribution is -2.28. The highest BCUT2D eigenvalue weighted by Gasteiger charge is 2.32. The van der Waals surface area contributed by atoms with Gasteiger partial charge in [0.1, 0.15) is 5.25 Å². The molecule has 0 unspecified atom stereocenters. The van der Waals surface area contributed by atoms with Crippen molar-refractivity contribution in [3.05, 3.63) is 58.6 Å². The molecule has 1 saturated heterocycles. The second-order valence-electron chi connectivity index (χ2n) is 6.02. The van der Waals surface area contributed by atoms with Crippen LogP contribution < -0.4 is 10.6 Å². The van der Waals surface area contributed by atoms with E-state index in [4.69, 9.17) is 11.6 Å². The highest BCUT2D eigenvalue weighted by Crippen LogP contribution is 2.27. The first kappa shape index (κ1) is 18.5. The Morgan fingerprint density at radius 2 is 2.04 bits per heavy atom. The van der Waals surface area contributed by atoms with Crippen LogP contribution in [0, 0.1) is 13.8 Å². The van der Waals surface area contributed by atoms with E-state index in [-0.39, 0.29) is 18.2 Å². The smallest absolute Gasteiger partial charge is 0.240 e. The normalized spacial score (nSPS) is 18.0. The number of thioether (sulfide) groups is 1. The minimum atomic E-state index is -0.502. The summed E-state index contributed by atoms with van der Waals surface area (Å²) in [5, 5.41) is 6.14. The van der Waals surface area contributed by atoms with Crippen molar-refractivity contribution in [3.63, 3.8) is 0 Å². The number of hydrogen-bond donors (Lipinski definition) is 2. The molecule has 1 atom stereocenters. The number of carbonyl (C=O) groups excluding carboxylic acids is 2. The number of benzene rings is 2. The van der Waals surface area contributed by atoms with Gasteiger partial charge in [-0.15, -0.1) is 0 Å². The van der Waals surface area contributed by atoms with Gasteiger partial charge < -0.3 is 10.6 Å². The van der Waals surface area contributed by atoms with Gasteiger partial charge in [-0.2, -0.15) is 0 Å². The fourth-order valence-electron chi connectivity index (χ4n) is 2.52. The Morgan fingerprint density at radius 1 is 1.27 bits per heavy atom. The van der Waals surface area contributed by atoms with E-state index in [0.29, 0.717) is 15.9 Å². The number of aliphatic imine (C=N–C) groups is 1. The standard InChI is InChI=1S/C19H18ClN3O2S/c1-11-5-3-6-13(9-11)21-19-23-18(25)16(26-19)10-17(24)22-15-8-4-7-14(20)12(15)2/h3-9,16H,10H2,1-2H3,(H,22,24)(H,21,23,25)/t16-/m1/s1. The monoisotopic (exact) mass is 387 g/mol. The van der Waals surface area contributed by atoms with Crippen molar-refractivity contribution in [1.82, 2.24) is 5.32 Å². The summed E-state index contributed by atoms with van der Waals surface area (Å²) in [5.74, 6) is -0.445. The van der Waals surface area contributed by atoms with E-state index in [1.807, 2.05) is 38.1 Å². The molecule has 0 aromatic heterocycles. The van der Waals surface area contributed by atoms with Crippen LogP contribution >= 0.6 is 23.4 Å². The van der Waals surface area contributed by atoms with Gasteiger partial charge in [0.05, 0.1) is 5.69 Å². The zero-order chi connectivity index (χ0) is 18.7. The number of amides is 2. The first-order valence-electron chi connectivity index (χ1n) is 8.10. The van der Waals surface area contributed by atoms with Gasteiger partial charge in [0, 0.05) is 17.1 Å². The van der Waals surface area contributed by atoms with Gasteiger partial charge in [0.25, 0.3) is 0 Å². The van der Waals surface area contributed by atoms with Crippen molar-refractivity contribution >= 4 is 51.7 Å². The largest absolute Gasteiger partial charge is 0.326 e. The van der Waals surface area contributed by atoms with Crippen LogP contribution in [0.25, 0.3) is 0 Å². The molecule has 0 saturated carbocycles. The zero-order valence-corrected chi connectivity index (χ0v) is 15.9. The molecule has 5 nitrogen and oxygen atoms in total. The van der Waals surface area contributed by atoms with E-state index in [2.05, 4.69) is 15.6 Å². The molecule has 0 radical (unpaired) electrons. The summed E-state index contributed by atoms with van der Waals surface area (Å²) >= 11 is 7.33. The van der Waals surface area contributed by atoms with E-state index < -0.39 is 5.25 Å². The molecule has 3 rings (SSSR count). The summed E-state index contributed by atoms with van der Waals surface area (Å²) < 4.78 is 0. The molecule has 2 N–H and O–H groups in total. The fraction of sp³-hybridized carbons (Fsp3) is 0.211. The van der Waals surface area contributed by atoms with Crippen LogP contribution in [-0.2, 0) is 9.59 Å². The third-order valence-electron chi connectivity index (χ3n) is 3.92. The molecule has 0 bridgehead atoms. The molecule has 7 heteroatoms. The van der Waals surface area contributed by atoms with Crippen molar-refractivity contribution in [2.24, 2.45) is 4.99 Å². The second kappa shape index (κ2) is 7.93. The van der Waals surface area contributed by atoms with Crippen LogP contribution in [0.4, 0.5) is 11.4 Å². The van der Waals surface area contributed by atoms with Crippen LogP contribution in [0.5, 0.6) is 0 Å². The predicted molar refractivity (Wildman–Crippen MR) is 107 cm³/mol. The van der Waals surface area contributed by atoms with Crippen molar-refractivity contribution in [2.45, 2.75) is 25.5 Å². The summed E-state index contributed by atoms with van der Waals surface area (Å²) in [7, 11) is 0. The van der Waals surface area contributed by atoms with Gasteiger partial charge in [-0.05, 0) is 49.2 Å². The van der Waals surface area contributed by atoms with E-state index in [1.54, 1.807) is 18.2 Å². The van der Waals surface area contributed by atoms with Gasteiger partial charge in [-0.25, -0.2) is 4.99 Å². The minimum Gasteiger partial charge on any atom is -0.326 e. The fourth-order valence-corrected chi connectivity index (χ4v) is 3.68. The molecular formula is C19H18ClN3O2S. The minimum absolute atomic E-state index is 0.0648. The van der Waals surface area contributed by atoms with Gasteiger partial charge in [-0.1, -0.05) is 41.6 Å². The maximum atomic E-state index is 12.3. The molecule has 0 aliphatic carbocycles. The molecule has 1 aliphatic rings. The summed E-state index contributed by atoms with van der Waals surface area (Å²) in [4.78, 5) is 28.9. The number of amidine groups is 1. The molecular weight excluding hydrogens is 370 g/mol. The molecule has 26 heavy (non-hydrogen) atoms. The van der Waals surface area contributed by atoms with Crippen molar-refractivity contribution < 1.29 is 9.59 Å². The van der Waals surface area contributed by atoms with Crippen LogP contribution in [0.3, 0.4) is 0 Å². The summed E-state index contributed by atoms with van der Waals surface area (Å²) in [6.07, 6.45) is 0.0648. The van der Waals surface area contributed by atoms with Crippen LogP contribution in [-0.4, -0.2) is 22.2 Å². The van der Waals surface area contributed by atoms with Crippen molar-refractivity contribution in [1.29, 1.82) is 0 Å².